The van der Waals surface area contributed by atoms with Gasteiger partial charge in [0.2, 0.25) is 0 Å². The van der Waals surface area contributed by atoms with Crippen LogP contribution in [0.3, 0.4) is 0 Å². The van der Waals surface area contributed by atoms with E-state index in [9.17, 15) is 9.59 Å². The Hall–Kier alpha value is -0.100. The molecule has 0 aromatic carbocycles. The van der Waals surface area contributed by atoms with Gasteiger partial charge >= 0.3 is 11.9 Å². The second kappa shape index (κ2) is 17.3. The molecule has 0 aliphatic heterocycles. The third-order valence-corrected chi connectivity index (χ3v) is 4.20. The lowest BCUT2D eigenvalue weighted by molar-refractivity contribution is -0.141. The fourth-order valence-corrected chi connectivity index (χ4v) is 2.39. The summed E-state index contributed by atoms with van der Waals surface area (Å²) in [5.41, 5.74) is 0. The van der Waals surface area contributed by atoms with E-state index in [1.54, 1.807) is 0 Å². The molecule has 4 nitrogen and oxygen atoms in total. The quantitative estimate of drug-likeness (QED) is 0.208. The van der Waals surface area contributed by atoms with Crippen molar-refractivity contribution in [2.75, 3.05) is 23.9 Å². The SMILES string of the molecule is O=C(CBr)OCCCCCCCCCCCCOC(=O)CBr. The molecule has 0 amide bonds. The van der Waals surface area contributed by atoms with Crippen molar-refractivity contribution >= 4 is 43.8 Å². The Morgan fingerprint density at radius 1 is 0.545 bits per heavy atom. The van der Waals surface area contributed by atoms with Crippen LogP contribution in [0.15, 0.2) is 0 Å². The van der Waals surface area contributed by atoms with Crippen LogP contribution in [0.4, 0.5) is 0 Å². The van der Waals surface area contributed by atoms with E-state index >= 15 is 0 Å². The van der Waals surface area contributed by atoms with Gasteiger partial charge in [-0.3, -0.25) is 9.59 Å². The van der Waals surface area contributed by atoms with Crippen LogP contribution in [-0.4, -0.2) is 35.8 Å². The van der Waals surface area contributed by atoms with E-state index in [2.05, 4.69) is 31.9 Å². The number of rotatable bonds is 15. The molecule has 0 unspecified atom stereocenters. The van der Waals surface area contributed by atoms with Crippen LogP contribution in [0.5, 0.6) is 0 Å². The van der Waals surface area contributed by atoms with Gasteiger partial charge in [-0.15, -0.1) is 0 Å². The van der Waals surface area contributed by atoms with Gasteiger partial charge in [0.15, 0.2) is 0 Å². The van der Waals surface area contributed by atoms with Gasteiger partial charge in [0.25, 0.3) is 0 Å². The van der Waals surface area contributed by atoms with E-state index in [4.69, 9.17) is 9.47 Å². The molecular formula is C16H28Br2O4. The summed E-state index contributed by atoms with van der Waals surface area (Å²) in [5, 5.41) is 0.567. The summed E-state index contributed by atoms with van der Waals surface area (Å²) < 4.78 is 9.97. The second-order valence-electron chi connectivity index (χ2n) is 5.24. The largest absolute Gasteiger partial charge is 0.465 e. The summed E-state index contributed by atoms with van der Waals surface area (Å²) in [4.78, 5) is 21.7. The molecule has 0 aromatic rings. The monoisotopic (exact) mass is 442 g/mol. The fraction of sp³-hybridized carbons (Fsp3) is 0.875. The number of halogens is 2. The number of hydrogen-bond acceptors (Lipinski definition) is 4. The summed E-state index contributed by atoms with van der Waals surface area (Å²) in [6, 6.07) is 0. The molecule has 6 heteroatoms. The van der Waals surface area contributed by atoms with E-state index in [1.807, 2.05) is 0 Å². The van der Waals surface area contributed by atoms with Crippen molar-refractivity contribution in [2.45, 2.75) is 64.2 Å². The van der Waals surface area contributed by atoms with Crippen LogP contribution in [0, 0.1) is 0 Å². The zero-order valence-electron chi connectivity index (χ0n) is 13.3. The third-order valence-electron chi connectivity index (χ3n) is 3.28. The molecule has 0 radical (unpaired) electrons. The molecule has 0 saturated heterocycles. The third kappa shape index (κ3) is 16.3. The number of carbonyl (C=O) groups is 2. The zero-order chi connectivity index (χ0) is 16.5. The average molecular weight is 444 g/mol. The molecular weight excluding hydrogens is 416 g/mol. The predicted molar refractivity (Wildman–Crippen MR) is 95.7 cm³/mol. The summed E-state index contributed by atoms with van der Waals surface area (Å²) in [5.74, 6) is -0.357. The van der Waals surface area contributed by atoms with Crippen LogP contribution in [-0.2, 0) is 19.1 Å². The summed E-state index contributed by atoms with van der Waals surface area (Å²) in [7, 11) is 0. The molecule has 0 aliphatic carbocycles. The van der Waals surface area contributed by atoms with Crippen LogP contribution in [0.2, 0.25) is 0 Å². The van der Waals surface area contributed by atoms with Gasteiger partial charge in [0.05, 0.1) is 13.2 Å². The van der Waals surface area contributed by atoms with Gasteiger partial charge in [0, 0.05) is 0 Å². The van der Waals surface area contributed by atoms with Crippen molar-refractivity contribution in [3.8, 4) is 0 Å². The summed E-state index contributed by atoms with van der Waals surface area (Å²) in [6.45, 7) is 1.09. The van der Waals surface area contributed by atoms with Gasteiger partial charge in [-0.05, 0) is 12.8 Å². The lowest BCUT2D eigenvalue weighted by atomic mass is 10.1. The van der Waals surface area contributed by atoms with Crippen LogP contribution >= 0.6 is 31.9 Å². The minimum atomic E-state index is -0.179. The summed E-state index contributed by atoms with van der Waals surface area (Å²) >= 11 is 6.13. The van der Waals surface area contributed by atoms with Crippen LogP contribution in [0.25, 0.3) is 0 Å². The van der Waals surface area contributed by atoms with E-state index in [0.717, 1.165) is 25.7 Å². The van der Waals surface area contributed by atoms with Gasteiger partial charge in [-0.2, -0.15) is 0 Å². The molecule has 22 heavy (non-hydrogen) atoms. The topological polar surface area (TPSA) is 52.6 Å². The molecule has 0 saturated carbocycles. The maximum atomic E-state index is 10.9. The molecule has 0 spiro atoms. The molecule has 0 heterocycles. The van der Waals surface area contributed by atoms with Crippen LogP contribution in [0.1, 0.15) is 64.2 Å². The van der Waals surface area contributed by atoms with Crippen molar-refractivity contribution in [1.29, 1.82) is 0 Å². The van der Waals surface area contributed by atoms with Crippen molar-refractivity contribution in [3.63, 3.8) is 0 Å². The Bertz CT molecular complexity index is 257. The molecule has 0 rings (SSSR count). The lowest BCUT2D eigenvalue weighted by Gasteiger charge is -2.04. The van der Waals surface area contributed by atoms with Crippen molar-refractivity contribution in [1.82, 2.24) is 0 Å². The second-order valence-corrected chi connectivity index (χ2v) is 6.37. The number of alkyl halides is 2. The number of unbranched alkanes of at least 4 members (excludes halogenated alkanes) is 9. The van der Waals surface area contributed by atoms with E-state index in [1.165, 1.54) is 38.5 Å². The van der Waals surface area contributed by atoms with Crippen molar-refractivity contribution in [3.05, 3.63) is 0 Å². The Kier molecular flexibility index (Phi) is 17.2. The highest BCUT2D eigenvalue weighted by Gasteiger charge is 1.99. The molecule has 0 aromatic heterocycles. The Balaban J connectivity index is 3.05. The van der Waals surface area contributed by atoms with Crippen molar-refractivity contribution < 1.29 is 19.1 Å². The Labute approximate surface area is 150 Å². The number of carbonyl (C=O) groups excluding carboxylic acids is 2. The van der Waals surface area contributed by atoms with E-state index in [0.29, 0.717) is 13.2 Å². The predicted octanol–water partition coefficient (Wildman–Crippen LogP) is 4.76. The molecule has 0 aliphatic rings. The molecule has 0 atom stereocenters. The average Bonchev–Trinajstić information content (AvgIpc) is 2.54. The van der Waals surface area contributed by atoms with Gasteiger partial charge < -0.3 is 9.47 Å². The highest BCUT2D eigenvalue weighted by molar-refractivity contribution is 9.09. The van der Waals surface area contributed by atoms with Crippen molar-refractivity contribution in [2.24, 2.45) is 0 Å². The Morgan fingerprint density at radius 2 is 0.818 bits per heavy atom. The highest BCUT2D eigenvalue weighted by atomic mass is 79.9. The molecule has 0 N–H and O–H groups in total. The molecule has 130 valence electrons. The Morgan fingerprint density at radius 3 is 1.09 bits per heavy atom. The normalized spacial score (nSPS) is 10.5. The smallest absolute Gasteiger partial charge is 0.316 e. The minimum absolute atomic E-state index is 0.179. The van der Waals surface area contributed by atoms with Gasteiger partial charge in [-0.1, -0.05) is 83.2 Å². The highest BCUT2D eigenvalue weighted by Crippen LogP contribution is 2.10. The fourth-order valence-electron chi connectivity index (χ4n) is 2.07. The lowest BCUT2D eigenvalue weighted by Crippen LogP contribution is -2.06. The first-order chi connectivity index (χ1) is 10.7. The maximum absolute atomic E-state index is 10.9. The summed E-state index contributed by atoms with van der Waals surface area (Å²) in [6.07, 6.45) is 11.7. The van der Waals surface area contributed by atoms with Gasteiger partial charge in [0.1, 0.15) is 10.7 Å². The van der Waals surface area contributed by atoms with Gasteiger partial charge in [-0.25, -0.2) is 0 Å². The number of hydrogen-bond donors (Lipinski definition) is 0. The first-order valence-corrected chi connectivity index (χ1v) is 10.4. The minimum Gasteiger partial charge on any atom is -0.465 e. The standard InChI is InChI=1S/C16H28Br2O4/c17-13-15(19)21-11-9-7-5-3-1-2-4-6-8-10-12-22-16(20)14-18/h1-14H2. The molecule has 0 bridgehead atoms. The first-order valence-electron chi connectivity index (χ1n) is 8.14. The maximum Gasteiger partial charge on any atom is 0.316 e. The number of ether oxygens (including phenoxy) is 2. The first kappa shape index (κ1) is 21.9. The molecule has 0 fully saturated rings. The van der Waals surface area contributed by atoms with E-state index in [-0.39, 0.29) is 22.6 Å². The number of esters is 2. The van der Waals surface area contributed by atoms with Crippen LogP contribution < -0.4 is 0 Å². The zero-order valence-corrected chi connectivity index (χ0v) is 16.5. The van der Waals surface area contributed by atoms with E-state index < -0.39 is 0 Å².